The third-order valence-corrected chi connectivity index (χ3v) is 4.66. The van der Waals surface area contributed by atoms with Crippen molar-refractivity contribution in [3.05, 3.63) is 65.7 Å². The molecule has 0 spiro atoms. The number of piperazine rings is 1. The van der Waals surface area contributed by atoms with Gasteiger partial charge in [0.2, 0.25) is 5.91 Å². The molecule has 5 nitrogen and oxygen atoms in total. The molecule has 122 valence electrons. The lowest BCUT2D eigenvalue weighted by molar-refractivity contribution is -0.139. The Kier molecular flexibility index (Phi) is 3.69. The average Bonchev–Trinajstić information content (AvgIpc) is 2.62. The number of hydrogen-bond acceptors (Lipinski definition) is 3. The number of ether oxygens (including phenoxy) is 1. The maximum atomic E-state index is 12.5. The SMILES string of the molecule is O=C(Oc1ccccc1)N1CC(=O)N2CCc3ccccc3C2C1. The third kappa shape index (κ3) is 2.62. The summed E-state index contributed by atoms with van der Waals surface area (Å²) in [6.07, 6.45) is 0.393. The first-order valence-corrected chi connectivity index (χ1v) is 8.11. The van der Waals surface area contributed by atoms with Crippen LogP contribution in [0.15, 0.2) is 54.6 Å². The monoisotopic (exact) mass is 322 g/mol. The molecule has 2 aromatic carbocycles. The molecule has 2 aromatic rings. The van der Waals surface area contributed by atoms with Gasteiger partial charge in [-0.15, -0.1) is 0 Å². The zero-order valence-electron chi connectivity index (χ0n) is 13.2. The molecule has 4 rings (SSSR count). The lowest BCUT2D eigenvalue weighted by Gasteiger charge is -2.44. The van der Waals surface area contributed by atoms with Crippen molar-refractivity contribution < 1.29 is 14.3 Å². The molecule has 2 aliphatic heterocycles. The Balaban J connectivity index is 1.56. The Labute approximate surface area is 140 Å². The fraction of sp³-hybridized carbons (Fsp3) is 0.263. The molecule has 2 heterocycles. The zero-order valence-corrected chi connectivity index (χ0v) is 13.2. The van der Waals surface area contributed by atoms with E-state index in [2.05, 4.69) is 6.07 Å². The molecule has 0 bridgehead atoms. The van der Waals surface area contributed by atoms with E-state index in [9.17, 15) is 9.59 Å². The minimum atomic E-state index is -0.475. The van der Waals surface area contributed by atoms with Gasteiger partial charge in [-0.05, 0) is 29.7 Å². The number of benzene rings is 2. The lowest BCUT2D eigenvalue weighted by atomic mass is 9.91. The summed E-state index contributed by atoms with van der Waals surface area (Å²) in [5.41, 5.74) is 2.39. The molecule has 0 saturated carbocycles. The second kappa shape index (κ2) is 6.00. The van der Waals surface area contributed by atoms with E-state index in [0.717, 1.165) is 12.0 Å². The van der Waals surface area contributed by atoms with Crippen molar-refractivity contribution in [2.45, 2.75) is 12.5 Å². The van der Waals surface area contributed by atoms with Gasteiger partial charge in [0, 0.05) is 13.1 Å². The van der Waals surface area contributed by atoms with Crippen LogP contribution in [-0.2, 0) is 11.2 Å². The van der Waals surface area contributed by atoms with Crippen molar-refractivity contribution in [1.82, 2.24) is 9.80 Å². The molecule has 1 fully saturated rings. The quantitative estimate of drug-likeness (QED) is 0.811. The number of fused-ring (bicyclic) bond motifs is 3. The summed E-state index contributed by atoms with van der Waals surface area (Å²) < 4.78 is 5.39. The normalized spacial score (nSPS) is 19.5. The number of carbonyl (C=O) groups excluding carboxylic acids is 2. The van der Waals surface area contributed by atoms with E-state index in [1.54, 1.807) is 12.1 Å². The Bertz CT molecular complexity index is 775. The molecule has 2 aliphatic rings. The molecule has 1 atom stereocenters. The summed E-state index contributed by atoms with van der Waals surface area (Å²) in [7, 11) is 0. The molecule has 0 aliphatic carbocycles. The van der Waals surface area contributed by atoms with Gasteiger partial charge >= 0.3 is 6.09 Å². The average molecular weight is 322 g/mol. The zero-order chi connectivity index (χ0) is 16.5. The molecule has 24 heavy (non-hydrogen) atoms. The Morgan fingerprint density at radius 1 is 1.04 bits per heavy atom. The Hall–Kier alpha value is -2.82. The minimum absolute atomic E-state index is 0.0224. The number of para-hydroxylation sites is 1. The fourth-order valence-electron chi connectivity index (χ4n) is 3.47. The van der Waals surface area contributed by atoms with E-state index >= 15 is 0 Å². The van der Waals surface area contributed by atoms with Crippen molar-refractivity contribution in [2.75, 3.05) is 19.6 Å². The molecule has 0 aromatic heterocycles. The molecule has 2 amide bonds. The van der Waals surface area contributed by atoms with Crippen LogP contribution < -0.4 is 4.74 Å². The second-order valence-corrected chi connectivity index (χ2v) is 6.11. The first-order chi connectivity index (χ1) is 11.7. The highest BCUT2D eigenvalue weighted by Gasteiger charge is 2.38. The van der Waals surface area contributed by atoms with E-state index in [0.29, 0.717) is 18.8 Å². The molecule has 1 unspecified atom stereocenters. The largest absolute Gasteiger partial charge is 0.415 e. The number of amides is 2. The van der Waals surface area contributed by atoms with E-state index < -0.39 is 6.09 Å². The summed E-state index contributed by atoms with van der Waals surface area (Å²) in [6.45, 7) is 1.25. The number of carbonyl (C=O) groups is 2. The van der Waals surface area contributed by atoms with Gasteiger partial charge in [-0.25, -0.2) is 4.79 Å². The molecule has 0 N–H and O–H groups in total. The highest BCUT2D eigenvalue weighted by atomic mass is 16.6. The van der Waals surface area contributed by atoms with Gasteiger partial charge in [0.1, 0.15) is 12.3 Å². The first-order valence-electron chi connectivity index (χ1n) is 8.11. The van der Waals surface area contributed by atoms with Gasteiger partial charge in [-0.1, -0.05) is 42.5 Å². The van der Waals surface area contributed by atoms with Crippen LogP contribution in [-0.4, -0.2) is 41.4 Å². The van der Waals surface area contributed by atoms with E-state index in [1.807, 2.05) is 41.3 Å². The molecular formula is C19H18N2O3. The van der Waals surface area contributed by atoms with Crippen molar-refractivity contribution in [1.29, 1.82) is 0 Å². The maximum Gasteiger partial charge on any atom is 0.415 e. The third-order valence-electron chi connectivity index (χ3n) is 4.66. The van der Waals surface area contributed by atoms with E-state index in [-0.39, 0.29) is 18.5 Å². The van der Waals surface area contributed by atoms with Crippen molar-refractivity contribution in [3.8, 4) is 5.75 Å². The van der Waals surface area contributed by atoms with Crippen LogP contribution in [0.4, 0.5) is 4.79 Å². The summed E-state index contributed by atoms with van der Waals surface area (Å²) in [6, 6.07) is 17.0. The second-order valence-electron chi connectivity index (χ2n) is 6.11. The molecule has 0 radical (unpaired) electrons. The van der Waals surface area contributed by atoms with Crippen LogP contribution in [0.5, 0.6) is 5.75 Å². The minimum Gasteiger partial charge on any atom is -0.410 e. The van der Waals surface area contributed by atoms with Gasteiger partial charge in [0.15, 0.2) is 0 Å². The predicted molar refractivity (Wildman–Crippen MR) is 88.6 cm³/mol. The van der Waals surface area contributed by atoms with Crippen LogP contribution in [0.3, 0.4) is 0 Å². The maximum absolute atomic E-state index is 12.5. The number of hydrogen-bond donors (Lipinski definition) is 0. The molecule has 1 saturated heterocycles. The number of nitrogens with zero attached hydrogens (tertiary/aromatic N) is 2. The topological polar surface area (TPSA) is 49.9 Å². The first kappa shape index (κ1) is 14.8. The summed E-state index contributed by atoms with van der Waals surface area (Å²) in [4.78, 5) is 28.3. The summed E-state index contributed by atoms with van der Waals surface area (Å²) >= 11 is 0. The van der Waals surface area contributed by atoms with Crippen molar-refractivity contribution >= 4 is 12.0 Å². The lowest BCUT2D eigenvalue weighted by Crippen LogP contribution is -2.56. The molecule has 5 heteroatoms. The fourth-order valence-corrected chi connectivity index (χ4v) is 3.47. The van der Waals surface area contributed by atoms with Gasteiger partial charge in [-0.2, -0.15) is 0 Å². The Morgan fingerprint density at radius 3 is 2.62 bits per heavy atom. The van der Waals surface area contributed by atoms with Gasteiger partial charge in [-0.3, -0.25) is 9.69 Å². The molecular weight excluding hydrogens is 304 g/mol. The van der Waals surface area contributed by atoms with Crippen LogP contribution in [0, 0.1) is 0 Å². The predicted octanol–water partition coefficient (Wildman–Crippen LogP) is 2.63. The van der Waals surface area contributed by atoms with Crippen molar-refractivity contribution in [3.63, 3.8) is 0 Å². The van der Waals surface area contributed by atoms with Crippen molar-refractivity contribution in [2.24, 2.45) is 0 Å². The van der Waals surface area contributed by atoms with Crippen LogP contribution >= 0.6 is 0 Å². The summed E-state index contributed by atoms with van der Waals surface area (Å²) in [5, 5.41) is 0. The highest BCUT2D eigenvalue weighted by Crippen LogP contribution is 2.33. The van der Waals surface area contributed by atoms with Gasteiger partial charge in [0.05, 0.1) is 6.04 Å². The van der Waals surface area contributed by atoms with Gasteiger partial charge < -0.3 is 9.64 Å². The standard InChI is InChI=1S/C19H18N2O3/c22-18-13-20(19(23)24-15-7-2-1-3-8-15)12-17-16-9-5-4-6-14(16)10-11-21(17)18/h1-9,17H,10-13H2. The van der Waals surface area contributed by atoms with Crippen LogP contribution in [0.25, 0.3) is 0 Å². The summed E-state index contributed by atoms with van der Waals surface area (Å²) in [5.74, 6) is 0.465. The smallest absolute Gasteiger partial charge is 0.410 e. The van der Waals surface area contributed by atoms with Crippen LogP contribution in [0.2, 0.25) is 0 Å². The van der Waals surface area contributed by atoms with E-state index in [4.69, 9.17) is 4.74 Å². The highest BCUT2D eigenvalue weighted by molar-refractivity contribution is 5.85. The van der Waals surface area contributed by atoms with Gasteiger partial charge in [0.25, 0.3) is 0 Å². The van der Waals surface area contributed by atoms with Crippen LogP contribution in [0.1, 0.15) is 17.2 Å². The number of rotatable bonds is 1. The van der Waals surface area contributed by atoms with E-state index in [1.165, 1.54) is 10.5 Å². The Morgan fingerprint density at radius 2 is 1.79 bits per heavy atom.